The van der Waals surface area contributed by atoms with E-state index in [1.54, 1.807) is 11.8 Å². The van der Waals surface area contributed by atoms with Crippen LogP contribution in [0.2, 0.25) is 0 Å². The summed E-state index contributed by atoms with van der Waals surface area (Å²) in [5.74, 6) is 0.244. The van der Waals surface area contributed by atoms with Crippen LogP contribution < -0.4 is 4.74 Å². The molecule has 2 aromatic rings. The molecule has 5 nitrogen and oxygen atoms in total. The monoisotopic (exact) mass is 453 g/mol. The van der Waals surface area contributed by atoms with Crippen LogP contribution in [0, 0.1) is 0 Å². The van der Waals surface area contributed by atoms with Gasteiger partial charge in [0.15, 0.2) is 6.61 Å². The lowest BCUT2D eigenvalue weighted by molar-refractivity contribution is -0.144. The molecular formula is C28H39NO4. The van der Waals surface area contributed by atoms with Crippen molar-refractivity contribution in [3.63, 3.8) is 0 Å². The van der Waals surface area contributed by atoms with Crippen molar-refractivity contribution in [2.24, 2.45) is 0 Å². The minimum atomic E-state index is -0.308. The van der Waals surface area contributed by atoms with Gasteiger partial charge in [-0.25, -0.2) is 0 Å². The third-order valence-electron chi connectivity index (χ3n) is 5.46. The van der Waals surface area contributed by atoms with Crippen LogP contribution in [0.5, 0.6) is 5.75 Å². The summed E-state index contributed by atoms with van der Waals surface area (Å²) >= 11 is 0. The molecule has 0 spiro atoms. The molecule has 0 saturated carbocycles. The van der Waals surface area contributed by atoms with E-state index in [9.17, 15) is 9.59 Å². The third-order valence-corrected chi connectivity index (χ3v) is 5.46. The molecule has 0 atom stereocenters. The lowest BCUT2D eigenvalue weighted by Crippen LogP contribution is -2.36. The number of hydrogen-bond donors (Lipinski definition) is 0. The van der Waals surface area contributed by atoms with Crippen molar-refractivity contribution in [3.05, 3.63) is 65.2 Å². The van der Waals surface area contributed by atoms with Crippen molar-refractivity contribution in [2.75, 3.05) is 19.8 Å². The van der Waals surface area contributed by atoms with Gasteiger partial charge in [-0.05, 0) is 40.5 Å². The molecule has 0 aromatic heterocycles. The fourth-order valence-electron chi connectivity index (χ4n) is 3.49. The molecule has 2 rings (SSSR count). The molecule has 1 amide bonds. The molecule has 0 aliphatic carbocycles. The summed E-state index contributed by atoms with van der Waals surface area (Å²) in [6.45, 7) is 15.7. The molecule has 2 aromatic carbocycles. The van der Waals surface area contributed by atoms with E-state index in [1.807, 2.05) is 36.4 Å². The van der Waals surface area contributed by atoms with Crippen molar-refractivity contribution in [2.45, 2.75) is 72.3 Å². The zero-order valence-corrected chi connectivity index (χ0v) is 21.2. The maximum Gasteiger partial charge on any atom is 0.307 e. The summed E-state index contributed by atoms with van der Waals surface area (Å²) in [6, 6.07) is 16.0. The SMILES string of the molecule is CCOC(=O)CCN(Cc1ccccc1)C(=O)COc1ccc(C(C)(C)C)cc1C(C)(C)C. The molecule has 5 heteroatoms. The average Bonchev–Trinajstić information content (AvgIpc) is 2.74. The zero-order chi connectivity index (χ0) is 24.6. The van der Waals surface area contributed by atoms with Gasteiger partial charge >= 0.3 is 5.97 Å². The van der Waals surface area contributed by atoms with Crippen molar-refractivity contribution in [1.82, 2.24) is 4.90 Å². The topological polar surface area (TPSA) is 55.8 Å². The number of hydrogen-bond acceptors (Lipinski definition) is 4. The first kappa shape index (κ1) is 26.4. The first-order valence-corrected chi connectivity index (χ1v) is 11.7. The van der Waals surface area contributed by atoms with Crippen LogP contribution >= 0.6 is 0 Å². The highest BCUT2D eigenvalue weighted by atomic mass is 16.5. The summed E-state index contributed by atoms with van der Waals surface area (Å²) < 4.78 is 11.1. The average molecular weight is 454 g/mol. The van der Waals surface area contributed by atoms with Crippen molar-refractivity contribution in [1.29, 1.82) is 0 Å². The van der Waals surface area contributed by atoms with E-state index in [2.05, 4.69) is 53.7 Å². The van der Waals surface area contributed by atoms with Crippen LogP contribution in [0.1, 0.15) is 71.6 Å². The smallest absolute Gasteiger partial charge is 0.307 e. The molecule has 33 heavy (non-hydrogen) atoms. The Labute approximate surface area is 199 Å². The molecule has 180 valence electrons. The Morgan fingerprint density at radius 3 is 2.15 bits per heavy atom. The molecule has 0 aliphatic rings. The Morgan fingerprint density at radius 2 is 1.58 bits per heavy atom. The highest BCUT2D eigenvalue weighted by Gasteiger charge is 2.24. The Bertz CT molecular complexity index is 923. The summed E-state index contributed by atoms with van der Waals surface area (Å²) in [4.78, 5) is 26.7. The van der Waals surface area contributed by atoms with Gasteiger partial charge in [0.05, 0.1) is 13.0 Å². The number of amides is 1. The van der Waals surface area contributed by atoms with E-state index in [1.165, 1.54) is 5.56 Å². The van der Waals surface area contributed by atoms with E-state index < -0.39 is 0 Å². The van der Waals surface area contributed by atoms with E-state index in [0.717, 1.165) is 11.1 Å². The third kappa shape index (κ3) is 8.23. The van der Waals surface area contributed by atoms with Gasteiger partial charge in [0, 0.05) is 13.1 Å². The Balaban J connectivity index is 2.18. The second-order valence-electron chi connectivity index (χ2n) is 10.4. The number of benzene rings is 2. The molecule has 0 aliphatic heterocycles. The standard InChI is InChI=1S/C28H39NO4/c1-8-32-26(31)16-17-29(19-21-12-10-9-11-13-21)25(30)20-33-24-15-14-22(27(2,3)4)18-23(24)28(5,6)7/h9-15,18H,8,16-17,19-20H2,1-7H3. The van der Waals surface area contributed by atoms with Crippen molar-refractivity contribution < 1.29 is 19.1 Å². The number of rotatable bonds is 9. The van der Waals surface area contributed by atoms with Crippen LogP contribution in [0.15, 0.2) is 48.5 Å². The van der Waals surface area contributed by atoms with Crippen LogP contribution in [0.3, 0.4) is 0 Å². The number of ether oxygens (including phenoxy) is 2. The lowest BCUT2D eigenvalue weighted by atomic mass is 9.80. The number of nitrogens with zero attached hydrogens (tertiary/aromatic N) is 1. The summed E-state index contributed by atoms with van der Waals surface area (Å²) in [5.41, 5.74) is 3.19. The summed E-state index contributed by atoms with van der Waals surface area (Å²) in [7, 11) is 0. The number of esters is 1. The molecule has 0 bridgehead atoms. The molecule has 0 fully saturated rings. The van der Waals surface area contributed by atoms with Crippen molar-refractivity contribution in [3.8, 4) is 5.75 Å². The fraction of sp³-hybridized carbons (Fsp3) is 0.500. The molecule has 0 radical (unpaired) electrons. The second-order valence-corrected chi connectivity index (χ2v) is 10.4. The lowest BCUT2D eigenvalue weighted by Gasteiger charge is -2.28. The molecular weight excluding hydrogens is 414 g/mol. The Morgan fingerprint density at radius 1 is 0.909 bits per heavy atom. The molecule has 0 heterocycles. The van der Waals surface area contributed by atoms with E-state index in [0.29, 0.717) is 18.9 Å². The first-order valence-electron chi connectivity index (χ1n) is 11.7. The van der Waals surface area contributed by atoms with Gasteiger partial charge in [0.2, 0.25) is 0 Å². The highest BCUT2D eigenvalue weighted by molar-refractivity contribution is 5.78. The van der Waals surface area contributed by atoms with Gasteiger partial charge in [0.25, 0.3) is 5.91 Å². The van der Waals surface area contributed by atoms with E-state index >= 15 is 0 Å². The van der Waals surface area contributed by atoms with E-state index in [-0.39, 0.29) is 42.3 Å². The fourth-order valence-corrected chi connectivity index (χ4v) is 3.49. The van der Waals surface area contributed by atoms with Gasteiger partial charge in [0.1, 0.15) is 5.75 Å². The minimum absolute atomic E-state index is 0.0218. The highest BCUT2D eigenvalue weighted by Crippen LogP contribution is 2.35. The normalized spacial score (nSPS) is 11.7. The van der Waals surface area contributed by atoms with Gasteiger partial charge in [-0.1, -0.05) is 84.0 Å². The van der Waals surface area contributed by atoms with Gasteiger partial charge in [-0.2, -0.15) is 0 Å². The summed E-state index contributed by atoms with van der Waals surface area (Å²) in [5, 5.41) is 0. The van der Waals surface area contributed by atoms with Crippen molar-refractivity contribution >= 4 is 11.9 Å². The zero-order valence-electron chi connectivity index (χ0n) is 21.2. The number of carbonyl (C=O) groups is 2. The van der Waals surface area contributed by atoms with Gasteiger partial charge < -0.3 is 14.4 Å². The van der Waals surface area contributed by atoms with Crippen LogP contribution in [0.4, 0.5) is 0 Å². The molecule has 0 unspecified atom stereocenters. The molecule has 0 N–H and O–H groups in total. The van der Waals surface area contributed by atoms with Gasteiger partial charge in [-0.15, -0.1) is 0 Å². The minimum Gasteiger partial charge on any atom is -0.483 e. The molecule has 0 saturated heterocycles. The first-order chi connectivity index (χ1) is 15.4. The predicted octanol–water partition coefficient (Wildman–Crippen LogP) is 5.64. The Kier molecular flexibility index (Phi) is 9.09. The van der Waals surface area contributed by atoms with Crippen LogP contribution in [0.25, 0.3) is 0 Å². The van der Waals surface area contributed by atoms with Crippen LogP contribution in [-0.2, 0) is 31.7 Å². The summed E-state index contributed by atoms with van der Waals surface area (Å²) in [6.07, 6.45) is 0.153. The predicted molar refractivity (Wildman–Crippen MR) is 132 cm³/mol. The van der Waals surface area contributed by atoms with Crippen LogP contribution in [-0.4, -0.2) is 36.5 Å². The maximum absolute atomic E-state index is 13.1. The van der Waals surface area contributed by atoms with Gasteiger partial charge in [-0.3, -0.25) is 9.59 Å². The second kappa shape index (κ2) is 11.4. The Hall–Kier alpha value is -2.82. The largest absolute Gasteiger partial charge is 0.483 e. The van der Waals surface area contributed by atoms with E-state index in [4.69, 9.17) is 9.47 Å². The number of carbonyl (C=O) groups excluding carboxylic acids is 2. The quantitative estimate of drug-likeness (QED) is 0.461. The maximum atomic E-state index is 13.1.